The van der Waals surface area contributed by atoms with E-state index in [-0.39, 0.29) is 0 Å². The van der Waals surface area contributed by atoms with E-state index in [1.807, 2.05) is 0 Å². The number of nitrogens with zero attached hydrogens (tertiary/aromatic N) is 2. The van der Waals surface area contributed by atoms with E-state index in [1.165, 1.54) is 162 Å². The summed E-state index contributed by atoms with van der Waals surface area (Å²) in [6.45, 7) is 0. The Morgan fingerprint density at radius 2 is 0.774 bits per heavy atom. The number of hydrogen-bond donors (Lipinski definition) is 0. The lowest BCUT2D eigenvalue weighted by Crippen LogP contribution is -2.16. The molecule has 0 N–H and O–H groups in total. The fourth-order valence-electron chi connectivity index (χ4n) is 16.1. The molecule has 2 aromatic heterocycles. The van der Waals surface area contributed by atoms with Gasteiger partial charge < -0.3 is 18.6 Å². The molecule has 404 valence electrons. The number of benzene rings is 13. The zero-order chi connectivity index (χ0) is 55.0. The van der Waals surface area contributed by atoms with Crippen LogP contribution in [-0.2, 0) is 25.7 Å². The molecule has 4 heteroatoms. The molecule has 0 bridgehead atoms. The third-order valence-corrected chi connectivity index (χ3v) is 19.9. The molecule has 0 unspecified atom stereocenters. The molecular formula is C80H62N2O2. The number of rotatable bonds is 8. The molecule has 3 aliphatic carbocycles. The van der Waals surface area contributed by atoms with E-state index in [0.717, 1.165) is 92.7 Å². The maximum absolute atomic E-state index is 7.58. The fraction of sp³-hybridized carbons (Fsp3) is 0.175. The predicted molar refractivity (Wildman–Crippen MR) is 354 cm³/mol. The molecule has 4 nitrogen and oxygen atoms in total. The zero-order valence-electron chi connectivity index (χ0n) is 47.2. The van der Waals surface area contributed by atoms with E-state index < -0.39 is 0 Å². The standard InChI is InChI=1S/C80H62N2O2/c1-3-19-51(20-4-1)65-47-55-25-9-13-31-59(55)75-63-33-17-37-71(77(63)83-79(65)75)81(67-35-15-27-49-23-7-11-29-57(49)67)69-45-41-53-40-44-62-70(46-42-54-39-43-61(69)73(53)74(54)62)82(68-36-16-28-50-24-8-12-30-58(50)68)72-38-18-34-64-76-60-32-14-10-26-56(60)48-66(80(76)84-78(64)72)52-21-5-2-6-22-52/h1,3-4,9-10,13-20,25-28,31-48,52H,2,5-8,11-12,21-24,29-30H2. The molecule has 1 fully saturated rings. The molecule has 3 aliphatic rings. The second-order valence-corrected chi connectivity index (χ2v) is 24.5. The molecule has 15 aromatic rings. The minimum Gasteiger partial charge on any atom is -0.454 e. The summed E-state index contributed by atoms with van der Waals surface area (Å²) in [5.41, 5.74) is 20.1. The van der Waals surface area contributed by atoms with Crippen molar-refractivity contribution in [3.63, 3.8) is 0 Å². The van der Waals surface area contributed by atoms with Crippen molar-refractivity contribution in [2.75, 3.05) is 9.80 Å². The molecule has 0 aliphatic heterocycles. The normalized spacial score (nSPS) is 15.0. The summed E-state index contributed by atoms with van der Waals surface area (Å²) in [7, 11) is 0. The van der Waals surface area contributed by atoms with Crippen molar-refractivity contribution in [1.82, 2.24) is 0 Å². The SMILES string of the molecule is c1ccc(-c2cc3ccccc3c3c2oc2c(N(c4cccc5c4CCCC5)c4ccc5ccc6c(N(c7cccc8c7CCCC8)c7cccc8c7oc7c(C9CCCCC9)cc9ccccc9c78)ccc7ccc4c5c76)cccc23)cc1. The number of hydrogen-bond acceptors (Lipinski definition) is 4. The summed E-state index contributed by atoms with van der Waals surface area (Å²) >= 11 is 0. The van der Waals surface area contributed by atoms with Crippen LogP contribution >= 0.6 is 0 Å². The van der Waals surface area contributed by atoms with Crippen LogP contribution in [0.1, 0.15) is 91.5 Å². The van der Waals surface area contributed by atoms with Gasteiger partial charge in [-0.15, -0.1) is 0 Å². The number of fused-ring (bicyclic) bond motifs is 12. The van der Waals surface area contributed by atoms with Gasteiger partial charge >= 0.3 is 0 Å². The van der Waals surface area contributed by atoms with Crippen LogP contribution in [0.4, 0.5) is 34.1 Å². The van der Waals surface area contributed by atoms with Crippen LogP contribution in [0.25, 0.3) is 109 Å². The van der Waals surface area contributed by atoms with Crippen LogP contribution in [0.2, 0.25) is 0 Å². The van der Waals surface area contributed by atoms with Crippen LogP contribution in [0.15, 0.2) is 221 Å². The first-order chi connectivity index (χ1) is 41.7. The smallest absolute Gasteiger partial charge is 0.159 e. The van der Waals surface area contributed by atoms with Gasteiger partial charge in [0.25, 0.3) is 0 Å². The van der Waals surface area contributed by atoms with Crippen molar-refractivity contribution >= 4 is 132 Å². The van der Waals surface area contributed by atoms with E-state index in [2.05, 4.69) is 222 Å². The average molecular weight is 1080 g/mol. The van der Waals surface area contributed by atoms with Crippen LogP contribution in [-0.4, -0.2) is 0 Å². The van der Waals surface area contributed by atoms with Gasteiger partial charge in [0, 0.05) is 49.3 Å². The van der Waals surface area contributed by atoms with E-state index in [1.54, 1.807) is 0 Å². The first kappa shape index (κ1) is 48.2. The van der Waals surface area contributed by atoms with Crippen LogP contribution in [0.5, 0.6) is 0 Å². The van der Waals surface area contributed by atoms with Gasteiger partial charge in [0.05, 0.1) is 22.7 Å². The van der Waals surface area contributed by atoms with Gasteiger partial charge in [-0.25, -0.2) is 0 Å². The van der Waals surface area contributed by atoms with Crippen LogP contribution < -0.4 is 9.80 Å². The first-order valence-electron chi connectivity index (χ1n) is 31.0. The lowest BCUT2D eigenvalue weighted by atomic mass is 9.82. The number of para-hydroxylation sites is 2. The molecular weight excluding hydrogens is 1020 g/mol. The summed E-state index contributed by atoms with van der Waals surface area (Å²) in [6, 6.07) is 80.3. The van der Waals surface area contributed by atoms with E-state index in [4.69, 9.17) is 8.83 Å². The largest absolute Gasteiger partial charge is 0.454 e. The monoisotopic (exact) mass is 1080 g/mol. The maximum atomic E-state index is 7.58. The molecule has 0 amide bonds. The quantitative estimate of drug-likeness (QED) is 0.142. The highest BCUT2D eigenvalue weighted by Gasteiger charge is 2.31. The highest BCUT2D eigenvalue weighted by molar-refractivity contribution is 6.30. The third-order valence-electron chi connectivity index (χ3n) is 19.9. The van der Waals surface area contributed by atoms with E-state index >= 15 is 0 Å². The van der Waals surface area contributed by atoms with Gasteiger partial charge in [0.1, 0.15) is 11.2 Å². The minimum atomic E-state index is 0.484. The Bertz CT molecular complexity index is 5150. The molecule has 0 saturated heterocycles. The van der Waals surface area contributed by atoms with Crippen molar-refractivity contribution in [3.05, 3.63) is 240 Å². The Morgan fingerprint density at radius 1 is 0.298 bits per heavy atom. The molecule has 0 spiro atoms. The Labute approximate surface area is 488 Å². The summed E-state index contributed by atoms with van der Waals surface area (Å²) in [6.07, 6.45) is 15.3. The van der Waals surface area contributed by atoms with Gasteiger partial charge in [-0.3, -0.25) is 0 Å². The van der Waals surface area contributed by atoms with Crippen LogP contribution in [0, 0.1) is 0 Å². The van der Waals surface area contributed by atoms with Crippen molar-refractivity contribution in [1.29, 1.82) is 0 Å². The predicted octanol–water partition coefficient (Wildman–Crippen LogP) is 23.1. The fourth-order valence-corrected chi connectivity index (χ4v) is 16.1. The lowest BCUT2D eigenvalue weighted by molar-refractivity contribution is 0.442. The molecule has 84 heavy (non-hydrogen) atoms. The summed E-state index contributed by atoms with van der Waals surface area (Å²) in [5.74, 6) is 0.484. The second-order valence-electron chi connectivity index (χ2n) is 24.5. The minimum absolute atomic E-state index is 0.484. The Kier molecular flexibility index (Phi) is 10.9. The van der Waals surface area contributed by atoms with Crippen molar-refractivity contribution in [3.8, 4) is 11.1 Å². The van der Waals surface area contributed by atoms with Gasteiger partial charge in [-0.2, -0.15) is 0 Å². The van der Waals surface area contributed by atoms with Gasteiger partial charge in [-0.05, 0) is 195 Å². The van der Waals surface area contributed by atoms with Gasteiger partial charge in [-0.1, -0.05) is 183 Å². The lowest BCUT2D eigenvalue weighted by Gasteiger charge is -2.32. The van der Waals surface area contributed by atoms with Crippen molar-refractivity contribution < 1.29 is 8.83 Å². The van der Waals surface area contributed by atoms with Gasteiger partial charge in [0.15, 0.2) is 11.2 Å². The third kappa shape index (κ3) is 7.25. The summed E-state index contributed by atoms with van der Waals surface area (Å²) in [5, 5.41) is 17.1. The highest BCUT2D eigenvalue weighted by Crippen LogP contribution is 2.54. The Balaban J connectivity index is 0.899. The second kappa shape index (κ2) is 19.1. The first-order valence-corrected chi connectivity index (χ1v) is 31.0. The van der Waals surface area contributed by atoms with E-state index in [9.17, 15) is 0 Å². The number of anilines is 6. The maximum Gasteiger partial charge on any atom is 0.159 e. The van der Waals surface area contributed by atoms with E-state index in [0.29, 0.717) is 5.92 Å². The molecule has 1 saturated carbocycles. The topological polar surface area (TPSA) is 32.8 Å². The molecule has 2 heterocycles. The zero-order valence-corrected chi connectivity index (χ0v) is 47.2. The number of furan rings is 2. The van der Waals surface area contributed by atoms with Crippen LogP contribution in [0.3, 0.4) is 0 Å². The molecule has 0 atom stereocenters. The Hall–Kier alpha value is -9.38. The highest BCUT2D eigenvalue weighted by atomic mass is 16.3. The average Bonchev–Trinajstić information content (AvgIpc) is 1.52. The van der Waals surface area contributed by atoms with Gasteiger partial charge in [0.2, 0.25) is 0 Å². The molecule has 13 aromatic carbocycles. The van der Waals surface area contributed by atoms with Crippen molar-refractivity contribution in [2.45, 2.75) is 89.4 Å². The molecule has 18 rings (SSSR count). The number of aryl methyl sites for hydroxylation is 2. The molecule has 0 radical (unpaired) electrons. The van der Waals surface area contributed by atoms with Crippen molar-refractivity contribution in [2.24, 2.45) is 0 Å². The Morgan fingerprint density at radius 3 is 1.37 bits per heavy atom. The summed E-state index contributed by atoms with van der Waals surface area (Å²) < 4.78 is 15.1. The summed E-state index contributed by atoms with van der Waals surface area (Å²) in [4.78, 5) is 5.17.